The van der Waals surface area contributed by atoms with Gasteiger partial charge in [0.15, 0.2) is 17.3 Å². The van der Waals surface area contributed by atoms with Crippen LogP contribution in [0.4, 0.5) is 5.82 Å². The Balaban J connectivity index is 2.20. The molecule has 6 heteroatoms. The summed E-state index contributed by atoms with van der Waals surface area (Å²) in [5.41, 5.74) is 0.336. The zero-order valence-corrected chi connectivity index (χ0v) is 9.07. The molecule has 2 heterocycles. The predicted molar refractivity (Wildman–Crippen MR) is 57.6 cm³/mol. The van der Waals surface area contributed by atoms with Crippen LogP contribution < -0.4 is 5.32 Å². The molecule has 1 amide bonds. The molecule has 0 saturated heterocycles. The Kier molecular flexibility index (Phi) is 2.55. The van der Waals surface area contributed by atoms with Crippen LogP contribution in [-0.4, -0.2) is 27.5 Å². The van der Waals surface area contributed by atoms with Gasteiger partial charge in [-0.2, -0.15) is 0 Å². The third-order valence-corrected chi connectivity index (χ3v) is 2.25. The summed E-state index contributed by atoms with van der Waals surface area (Å²) in [6.45, 7) is 3.56. The number of rotatable bonds is 1. The molecule has 1 aliphatic heterocycles. The lowest BCUT2D eigenvalue weighted by molar-refractivity contribution is -0.122. The van der Waals surface area contributed by atoms with Crippen molar-refractivity contribution in [1.29, 1.82) is 0 Å². The smallest absolute Gasteiger partial charge is 0.227 e. The molecule has 0 atom stereocenters. The lowest BCUT2D eigenvalue weighted by Gasteiger charge is -2.12. The maximum absolute atomic E-state index is 11.6. The molecule has 0 aromatic carbocycles. The van der Waals surface area contributed by atoms with E-state index in [0.717, 1.165) is 0 Å². The summed E-state index contributed by atoms with van der Waals surface area (Å²) in [5.74, 6) is 0.372. The largest absolute Gasteiger partial charge is 0.329 e. The normalized spacial score (nSPS) is 14.7. The molecule has 0 bridgehead atoms. The van der Waals surface area contributed by atoms with E-state index in [4.69, 9.17) is 0 Å². The molecule has 1 aromatic rings. The van der Waals surface area contributed by atoms with Crippen molar-refractivity contribution in [3.05, 3.63) is 12.0 Å². The number of hydrogen-bond acceptors (Lipinski definition) is 4. The number of amides is 1. The molecule has 0 aliphatic carbocycles. The standard InChI is InChI=1S/C10H12N4O2/c1-5(2)10(16)14-7-3-6(15)8-9(13-7)12-4-11-8/h4-5H,3H2,1-2H3,(H,11,12)(H,13,14,16). The highest BCUT2D eigenvalue weighted by molar-refractivity contribution is 6.16. The molecule has 0 saturated carbocycles. The molecule has 84 valence electrons. The van der Waals surface area contributed by atoms with Crippen molar-refractivity contribution < 1.29 is 9.59 Å². The monoisotopic (exact) mass is 220 g/mol. The summed E-state index contributed by atoms with van der Waals surface area (Å²) in [6.07, 6.45) is 1.51. The number of amidine groups is 1. The molecule has 0 fully saturated rings. The summed E-state index contributed by atoms with van der Waals surface area (Å²) < 4.78 is 0. The van der Waals surface area contributed by atoms with Crippen LogP contribution >= 0.6 is 0 Å². The van der Waals surface area contributed by atoms with E-state index < -0.39 is 0 Å². The van der Waals surface area contributed by atoms with Crippen LogP contribution in [0, 0.1) is 5.92 Å². The minimum Gasteiger partial charge on any atom is -0.329 e. The van der Waals surface area contributed by atoms with Crippen LogP contribution in [-0.2, 0) is 4.79 Å². The van der Waals surface area contributed by atoms with Crippen LogP contribution in [0.1, 0.15) is 30.8 Å². The van der Waals surface area contributed by atoms with E-state index in [-0.39, 0.29) is 24.0 Å². The molecule has 2 rings (SSSR count). The van der Waals surface area contributed by atoms with Gasteiger partial charge < -0.3 is 10.3 Å². The maximum atomic E-state index is 11.6. The second kappa shape index (κ2) is 3.88. The summed E-state index contributed by atoms with van der Waals surface area (Å²) in [7, 11) is 0. The fourth-order valence-electron chi connectivity index (χ4n) is 1.35. The molecule has 0 spiro atoms. The fraction of sp³-hybridized carbons (Fsp3) is 0.400. The first kappa shape index (κ1) is 10.5. The molecular formula is C10H12N4O2. The van der Waals surface area contributed by atoms with Gasteiger partial charge >= 0.3 is 0 Å². The van der Waals surface area contributed by atoms with Gasteiger partial charge in [0.1, 0.15) is 5.84 Å². The molecule has 2 N–H and O–H groups in total. The van der Waals surface area contributed by atoms with Gasteiger partial charge in [0.25, 0.3) is 0 Å². The van der Waals surface area contributed by atoms with Crippen LogP contribution in [0.5, 0.6) is 0 Å². The van der Waals surface area contributed by atoms with Crippen LogP contribution in [0.3, 0.4) is 0 Å². The van der Waals surface area contributed by atoms with Gasteiger partial charge in [-0.25, -0.2) is 9.98 Å². The Morgan fingerprint density at radius 3 is 3.00 bits per heavy atom. The van der Waals surface area contributed by atoms with Crippen LogP contribution in [0.25, 0.3) is 0 Å². The van der Waals surface area contributed by atoms with E-state index in [1.54, 1.807) is 13.8 Å². The van der Waals surface area contributed by atoms with E-state index in [0.29, 0.717) is 17.3 Å². The summed E-state index contributed by atoms with van der Waals surface area (Å²) in [4.78, 5) is 33.8. The highest BCUT2D eigenvalue weighted by Gasteiger charge is 2.23. The van der Waals surface area contributed by atoms with Crippen molar-refractivity contribution in [3.8, 4) is 0 Å². The Labute approximate surface area is 92.2 Å². The van der Waals surface area contributed by atoms with Gasteiger partial charge in [-0.1, -0.05) is 13.8 Å². The minimum absolute atomic E-state index is 0.0936. The van der Waals surface area contributed by atoms with E-state index in [9.17, 15) is 9.59 Å². The van der Waals surface area contributed by atoms with Crippen molar-refractivity contribution in [3.63, 3.8) is 0 Å². The second-order valence-electron chi connectivity index (χ2n) is 3.90. The number of carbonyl (C=O) groups excluding carboxylic acids is 2. The predicted octanol–water partition coefficient (Wildman–Crippen LogP) is 0.798. The molecular weight excluding hydrogens is 208 g/mol. The number of H-pyrrole nitrogens is 1. The van der Waals surface area contributed by atoms with Gasteiger partial charge in [0.2, 0.25) is 5.91 Å². The number of carbonyl (C=O) groups is 2. The number of aromatic amines is 1. The SMILES string of the molecule is CC(C)C(=O)NC1=Nc2[nH]cnc2C(=O)C1. The molecule has 1 aliphatic rings. The molecule has 16 heavy (non-hydrogen) atoms. The van der Waals surface area contributed by atoms with E-state index in [1.165, 1.54) is 6.33 Å². The van der Waals surface area contributed by atoms with Crippen molar-refractivity contribution in [1.82, 2.24) is 15.3 Å². The van der Waals surface area contributed by atoms with E-state index in [2.05, 4.69) is 20.3 Å². The van der Waals surface area contributed by atoms with Gasteiger partial charge in [-0.15, -0.1) is 0 Å². The molecule has 6 nitrogen and oxygen atoms in total. The van der Waals surface area contributed by atoms with Gasteiger partial charge in [0.05, 0.1) is 12.7 Å². The number of imidazole rings is 1. The van der Waals surface area contributed by atoms with Crippen molar-refractivity contribution in [2.24, 2.45) is 10.9 Å². The number of aliphatic imine (C=N–C) groups is 1. The lowest BCUT2D eigenvalue weighted by atomic mass is 10.1. The number of aromatic nitrogens is 2. The van der Waals surface area contributed by atoms with E-state index in [1.807, 2.05) is 0 Å². The third-order valence-electron chi connectivity index (χ3n) is 2.25. The summed E-state index contributed by atoms with van der Waals surface area (Å²) in [5, 5.41) is 2.62. The molecule has 0 radical (unpaired) electrons. The fourth-order valence-corrected chi connectivity index (χ4v) is 1.35. The van der Waals surface area contributed by atoms with Crippen molar-refractivity contribution >= 4 is 23.3 Å². The Morgan fingerprint density at radius 2 is 2.31 bits per heavy atom. The number of fused-ring (bicyclic) bond motifs is 1. The molecule has 0 unspecified atom stereocenters. The Bertz CT molecular complexity index is 473. The highest BCUT2D eigenvalue weighted by atomic mass is 16.2. The van der Waals surface area contributed by atoms with Crippen LogP contribution in [0.2, 0.25) is 0 Å². The third kappa shape index (κ3) is 1.86. The number of hydrogen-bond donors (Lipinski definition) is 2. The first-order valence-corrected chi connectivity index (χ1v) is 5.03. The first-order chi connectivity index (χ1) is 7.58. The van der Waals surface area contributed by atoms with Crippen LogP contribution in [0.15, 0.2) is 11.3 Å². The zero-order chi connectivity index (χ0) is 11.7. The average Bonchev–Trinajstić information content (AvgIpc) is 2.65. The number of nitrogens with one attached hydrogen (secondary N) is 2. The average molecular weight is 220 g/mol. The quantitative estimate of drug-likeness (QED) is 0.733. The molecule has 1 aromatic heterocycles. The Hall–Kier alpha value is -1.98. The Morgan fingerprint density at radius 1 is 1.56 bits per heavy atom. The van der Waals surface area contributed by atoms with E-state index >= 15 is 0 Å². The second-order valence-corrected chi connectivity index (χ2v) is 3.90. The van der Waals surface area contributed by atoms with Gasteiger partial charge in [0, 0.05) is 5.92 Å². The number of Topliss-reactive ketones (excluding diaryl/α,β-unsaturated/α-hetero) is 1. The minimum atomic E-state index is -0.144. The van der Waals surface area contributed by atoms with Gasteiger partial charge in [-0.05, 0) is 0 Å². The highest BCUT2D eigenvalue weighted by Crippen LogP contribution is 2.20. The first-order valence-electron chi connectivity index (χ1n) is 5.03. The van der Waals surface area contributed by atoms with Crippen molar-refractivity contribution in [2.45, 2.75) is 20.3 Å². The number of ketones is 1. The zero-order valence-electron chi connectivity index (χ0n) is 9.07. The summed E-state index contributed by atoms with van der Waals surface area (Å²) in [6, 6.07) is 0. The van der Waals surface area contributed by atoms with Gasteiger partial charge in [-0.3, -0.25) is 9.59 Å². The topological polar surface area (TPSA) is 87.2 Å². The lowest BCUT2D eigenvalue weighted by Crippen LogP contribution is -2.36. The number of nitrogens with zero attached hydrogens (tertiary/aromatic N) is 2. The summed E-state index contributed by atoms with van der Waals surface area (Å²) >= 11 is 0. The maximum Gasteiger partial charge on any atom is 0.227 e. The van der Waals surface area contributed by atoms with Crippen molar-refractivity contribution in [2.75, 3.05) is 0 Å².